The lowest BCUT2D eigenvalue weighted by atomic mass is 9.92. The second-order valence-corrected chi connectivity index (χ2v) is 6.81. The third-order valence-electron chi connectivity index (χ3n) is 5.02. The number of hydrogen-bond acceptors (Lipinski definition) is 4. The summed E-state index contributed by atoms with van der Waals surface area (Å²) in [5.74, 6) is -0.0756. The Hall–Kier alpha value is -2.70. The van der Waals surface area contributed by atoms with Crippen LogP contribution in [0.2, 0.25) is 0 Å². The minimum atomic E-state index is -0.0756. The minimum absolute atomic E-state index is 0.00505. The average Bonchev–Trinajstić information content (AvgIpc) is 3.08. The minimum Gasteiger partial charge on any atom is -0.345 e. The summed E-state index contributed by atoms with van der Waals surface area (Å²) in [5, 5.41) is 12.8. The zero-order chi connectivity index (χ0) is 17.7. The Bertz CT molecular complexity index is 983. The van der Waals surface area contributed by atoms with Crippen LogP contribution in [0.25, 0.3) is 11.0 Å². The molecule has 0 saturated carbocycles. The van der Waals surface area contributed by atoms with Crippen LogP contribution in [0.3, 0.4) is 0 Å². The van der Waals surface area contributed by atoms with Crippen molar-refractivity contribution >= 4 is 16.9 Å². The van der Waals surface area contributed by atoms with E-state index in [9.17, 15) is 4.79 Å². The molecule has 1 aliphatic carbocycles. The number of nitrogens with one attached hydrogen (secondary N) is 1. The summed E-state index contributed by atoms with van der Waals surface area (Å²) < 4.78 is 3.64. The predicted molar refractivity (Wildman–Crippen MR) is 94.3 cm³/mol. The molecule has 1 amide bonds. The van der Waals surface area contributed by atoms with Crippen LogP contribution >= 0.6 is 0 Å². The number of amides is 1. The van der Waals surface area contributed by atoms with Gasteiger partial charge in [-0.3, -0.25) is 14.2 Å². The Morgan fingerprint density at radius 3 is 2.88 bits per heavy atom. The van der Waals surface area contributed by atoms with E-state index in [1.54, 1.807) is 4.68 Å². The van der Waals surface area contributed by atoms with Crippen LogP contribution in [-0.2, 0) is 20.5 Å². The van der Waals surface area contributed by atoms with E-state index in [0.29, 0.717) is 5.56 Å². The fraction of sp³-hybridized carbons (Fsp3) is 0.444. The van der Waals surface area contributed by atoms with Gasteiger partial charge in [0, 0.05) is 31.0 Å². The number of carbonyl (C=O) groups excluding carboxylic acids is 1. The van der Waals surface area contributed by atoms with Gasteiger partial charge in [-0.15, -0.1) is 0 Å². The zero-order valence-corrected chi connectivity index (χ0v) is 15.0. The van der Waals surface area contributed by atoms with Gasteiger partial charge in [-0.25, -0.2) is 4.98 Å². The number of nitrogens with zero attached hydrogens (tertiary/aromatic N) is 5. The van der Waals surface area contributed by atoms with Gasteiger partial charge in [0.05, 0.1) is 28.9 Å². The fourth-order valence-corrected chi connectivity index (χ4v) is 3.84. The number of aryl methyl sites for hydroxylation is 4. The van der Waals surface area contributed by atoms with Crippen LogP contribution in [-0.4, -0.2) is 30.5 Å². The molecule has 3 heterocycles. The van der Waals surface area contributed by atoms with E-state index in [2.05, 4.69) is 20.5 Å². The van der Waals surface area contributed by atoms with E-state index in [0.717, 1.165) is 47.2 Å². The van der Waals surface area contributed by atoms with Crippen LogP contribution in [0.4, 0.5) is 0 Å². The summed E-state index contributed by atoms with van der Waals surface area (Å²) in [7, 11) is 3.81. The lowest BCUT2D eigenvalue weighted by Gasteiger charge is -2.24. The highest BCUT2D eigenvalue weighted by Gasteiger charge is 2.26. The summed E-state index contributed by atoms with van der Waals surface area (Å²) in [6.45, 7) is 3.81. The van der Waals surface area contributed by atoms with E-state index in [1.165, 1.54) is 5.69 Å². The van der Waals surface area contributed by atoms with Crippen LogP contribution in [0.1, 0.15) is 51.9 Å². The highest BCUT2D eigenvalue weighted by molar-refractivity contribution is 6.06. The molecule has 1 N–H and O–H groups in total. The SMILES string of the molecule is Cc1cc(C(=O)N[C@H]2CCCc3c2cnn3C)c2c(C)nn(C)c2n1. The molecule has 130 valence electrons. The van der Waals surface area contributed by atoms with Crippen molar-refractivity contribution in [3.8, 4) is 0 Å². The number of pyridine rings is 1. The van der Waals surface area contributed by atoms with Crippen molar-refractivity contribution < 1.29 is 4.79 Å². The molecule has 1 aliphatic rings. The molecule has 25 heavy (non-hydrogen) atoms. The van der Waals surface area contributed by atoms with Crippen LogP contribution < -0.4 is 5.32 Å². The second kappa shape index (κ2) is 5.68. The van der Waals surface area contributed by atoms with Crippen LogP contribution in [0.5, 0.6) is 0 Å². The Morgan fingerprint density at radius 2 is 2.08 bits per heavy atom. The first-order chi connectivity index (χ1) is 12.0. The van der Waals surface area contributed by atoms with Gasteiger partial charge in [0.25, 0.3) is 5.91 Å². The van der Waals surface area contributed by atoms with E-state index in [-0.39, 0.29) is 11.9 Å². The van der Waals surface area contributed by atoms with Crippen LogP contribution in [0, 0.1) is 13.8 Å². The van der Waals surface area contributed by atoms with Gasteiger partial charge in [-0.2, -0.15) is 10.2 Å². The third-order valence-corrected chi connectivity index (χ3v) is 5.02. The predicted octanol–water partition coefficient (Wildman–Crippen LogP) is 2.13. The maximum Gasteiger partial charge on any atom is 0.252 e. The summed E-state index contributed by atoms with van der Waals surface area (Å²) in [6.07, 6.45) is 4.87. The van der Waals surface area contributed by atoms with E-state index < -0.39 is 0 Å². The molecule has 0 fully saturated rings. The van der Waals surface area contributed by atoms with Gasteiger partial charge >= 0.3 is 0 Å². The van der Waals surface area contributed by atoms with E-state index in [1.807, 2.05) is 44.9 Å². The molecule has 0 spiro atoms. The van der Waals surface area contributed by atoms with Gasteiger partial charge in [-0.1, -0.05) is 0 Å². The topological polar surface area (TPSA) is 77.6 Å². The van der Waals surface area contributed by atoms with Crippen molar-refractivity contribution in [2.45, 2.75) is 39.2 Å². The van der Waals surface area contributed by atoms with Gasteiger partial charge in [0.2, 0.25) is 0 Å². The van der Waals surface area contributed by atoms with Crippen molar-refractivity contribution in [2.75, 3.05) is 0 Å². The molecule has 0 saturated heterocycles. The third kappa shape index (κ3) is 2.50. The first-order valence-corrected chi connectivity index (χ1v) is 8.58. The van der Waals surface area contributed by atoms with Gasteiger partial charge < -0.3 is 5.32 Å². The molecule has 7 nitrogen and oxygen atoms in total. The smallest absolute Gasteiger partial charge is 0.252 e. The zero-order valence-electron chi connectivity index (χ0n) is 15.0. The highest BCUT2D eigenvalue weighted by atomic mass is 16.1. The van der Waals surface area contributed by atoms with E-state index in [4.69, 9.17) is 0 Å². The molecule has 7 heteroatoms. The monoisotopic (exact) mass is 338 g/mol. The van der Waals surface area contributed by atoms with Gasteiger partial charge in [-0.05, 0) is 39.2 Å². The standard InChI is InChI=1S/C18H22N6O/c1-10-8-12(16-11(2)22-24(4)17(16)20-10)18(25)21-14-6-5-7-15-13(14)9-19-23(15)3/h8-9,14H,5-7H2,1-4H3,(H,21,25)/t14-/m0/s1. The number of fused-ring (bicyclic) bond motifs is 2. The quantitative estimate of drug-likeness (QED) is 0.776. The summed E-state index contributed by atoms with van der Waals surface area (Å²) in [4.78, 5) is 17.6. The molecule has 0 radical (unpaired) electrons. The van der Waals surface area contributed by atoms with Crippen molar-refractivity contribution in [3.63, 3.8) is 0 Å². The Morgan fingerprint density at radius 1 is 1.28 bits per heavy atom. The molecule has 0 unspecified atom stereocenters. The van der Waals surface area contributed by atoms with Crippen LogP contribution in [0.15, 0.2) is 12.3 Å². The highest BCUT2D eigenvalue weighted by Crippen LogP contribution is 2.30. The first kappa shape index (κ1) is 15.8. The molecule has 1 atom stereocenters. The lowest BCUT2D eigenvalue weighted by Crippen LogP contribution is -2.31. The molecule has 3 aromatic rings. The maximum atomic E-state index is 13.1. The maximum absolute atomic E-state index is 13.1. The summed E-state index contributed by atoms with van der Waals surface area (Å²) in [6, 6.07) is 1.85. The lowest BCUT2D eigenvalue weighted by molar-refractivity contribution is 0.0934. The molecule has 3 aromatic heterocycles. The van der Waals surface area contributed by atoms with Crippen molar-refractivity contribution in [2.24, 2.45) is 14.1 Å². The molecule has 0 bridgehead atoms. The number of carbonyl (C=O) groups is 1. The molecule has 0 aromatic carbocycles. The number of aromatic nitrogens is 5. The normalized spacial score (nSPS) is 16.9. The van der Waals surface area contributed by atoms with Gasteiger partial charge in [0.1, 0.15) is 0 Å². The van der Waals surface area contributed by atoms with Gasteiger partial charge in [0.15, 0.2) is 5.65 Å². The first-order valence-electron chi connectivity index (χ1n) is 8.58. The number of rotatable bonds is 2. The Kier molecular flexibility index (Phi) is 3.59. The largest absolute Gasteiger partial charge is 0.345 e. The molecule has 4 rings (SSSR count). The fourth-order valence-electron chi connectivity index (χ4n) is 3.84. The molecular formula is C18H22N6O. The second-order valence-electron chi connectivity index (χ2n) is 6.81. The summed E-state index contributed by atoms with van der Waals surface area (Å²) in [5.41, 5.74) is 5.36. The molecular weight excluding hydrogens is 316 g/mol. The Labute approximate surface area is 146 Å². The number of hydrogen-bond donors (Lipinski definition) is 1. The average molecular weight is 338 g/mol. The summed E-state index contributed by atoms with van der Waals surface area (Å²) >= 11 is 0. The van der Waals surface area contributed by atoms with E-state index >= 15 is 0 Å². The van der Waals surface area contributed by atoms with Crippen molar-refractivity contribution in [1.29, 1.82) is 0 Å². The Balaban J connectivity index is 1.72. The molecule has 0 aliphatic heterocycles. The van der Waals surface area contributed by atoms with Crippen molar-refractivity contribution in [1.82, 2.24) is 29.9 Å². The van der Waals surface area contributed by atoms with Crippen molar-refractivity contribution in [3.05, 3.63) is 40.5 Å².